The maximum absolute atomic E-state index is 14.8. The Morgan fingerprint density at radius 3 is 1.79 bits per heavy atom. The normalized spacial score (nSPS) is 14.8. The van der Waals surface area contributed by atoms with Crippen LogP contribution in [0.2, 0.25) is 0 Å². The Balaban J connectivity index is 1.67. The Kier molecular flexibility index (Phi) is 23.6. The van der Waals surface area contributed by atoms with Gasteiger partial charge in [0.05, 0.1) is 12.1 Å². The largest absolute Gasteiger partial charge is 0.508 e. The molecule has 8 atom stereocenters. The SMILES string of the molecule is CCC(CC)(NC(=O)[C@H](CCCCN)NC(=O)[C@@H](Cc1c[nH]c2ccccc12)NC(=O)[C@H](Cc1ccc(O)cc1)NC(=O)[C@H](CS)NC(=O)[C@H](N)Cc1ccccc1)C(=O)N[C@H](C(=O)N[C@H](C(N)=O)[C@@H](C)O)C(C)(C)S. The van der Waals surface area contributed by atoms with Crippen LogP contribution in [0.1, 0.15) is 83.4 Å². The van der Waals surface area contributed by atoms with Crippen molar-refractivity contribution in [3.05, 3.63) is 102 Å². The van der Waals surface area contributed by atoms with Gasteiger partial charge in [0, 0.05) is 40.4 Å². The van der Waals surface area contributed by atoms with E-state index in [9.17, 15) is 48.6 Å². The number of H-pyrrole nitrogens is 1. The van der Waals surface area contributed by atoms with Crippen LogP contribution in [-0.4, -0.2) is 133 Å². The van der Waals surface area contributed by atoms with E-state index in [2.05, 4.69) is 67.5 Å². The molecule has 0 fully saturated rings. The zero-order valence-electron chi connectivity index (χ0n) is 43.6. The van der Waals surface area contributed by atoms with Gasteiger partial charge in [-0.15, -0.1) is 0 Å². The Morgan fingerprint density at radius 1 is 0.671 bits per heavy atom. The number of aromatic nitrogens is 1. The summed E-state index contributed by atoms with van der Waals surface area (Å²) in [5, 5.41) is 39.8. The van der Waals surface area contributed by atoms with Crippen LogP contribution in [0.15, 0.2) is 85.1 Å². The van der Waals surface area contributed by atoms with Gasteiger partial charge in [-0.2, -0.15) is 25.3 Å². The van der Waals surface area contributed by atoms with E-state index < -0.39 is 106 Å². The first-order valence-corrected chi connectivity index (χ1v) is 26.3. The summed E-state index contributed by atoms with van der Waals surface area (Å²) in [7, 11) is 0. The van der Waals surface area contributed by atoms with E-state index in [1.165, 1.54) is 19.1 Å². The first kappa shape index (κ1) is 61.9. The van der Waals surface area contributed by atoms with Crippen LogP contribution < -0.4 is 54.4 Å². The predicted octanol–water partition coefficient (Wildman–Crippen LogP) is 0.446. The van der Waals surface area contributed by atoms with Crippen molar-refractivity contribution in [3.63, 3.8) is 0 Å². The molecular formula is C53H75N11O10S2. The molecule has 0 aliphatic heterocycles. The summed E-state index contributed by atoms with van der Waals surface area (Å²) in [6, 6.07) is 13.0. The molecule has 0 saturated heterocycles. The van der Waals surface area contributed by atoms with Crippen LogP contribution >= 0.6 is 25.3 Å². The van der Waals surface area contributed by atoms with E-state index in [0.717, 1.165) is 16.5 Å². The monoisotopic (exact) mass is 1090 g/mol. The molecule has 76 heavy (non-hydrogen) atoms. The fraction of sp³-hybridized carbons (Fsp3) is 0.472. The molecule has 414 valence electrons. The lowest BCUT2D eigenvalue weighted by Crippen LogP contribution is -2.67. The molecule has 0 unspecified atom stereocenters. The second-order valence-electron chi connectivity index (χ2n) is 19.4. The van der Waals surface area contributed by atoms with Gasteiger partial charge in [-0.3, -0.25) is 38.4 Å². The van der Waals surface area contributed by atoms with Crippen molar-refractivity contribution >= 4 is 83.4 Å². The Hall–Kier alpha value is -6.66. The highest BCUT2D eigenvalue weighted by molar-refractivity contribution is 7.81. The Bertz CT molecular complexity index is 2610. The lowest BCUT2D eigenvalue weighted by Gasteiger charge is -2.37. The van der Waals surface area contributed by atoms with E-state index in [0.29, 0.717) is 24.0 Å². The lowest BCUT2D eigenvalue weighted by atomic mass is 9.89. The number of unbranched alkanes of at least 4 members (excludes halogenated alkanes) is 1. The summed E-state index contributed by atoms with van der Waals surface area (Å²) >= 11 is 8.87. The van der Waals surface area contributed by atoms with Crippen molar-refractivity contribution in [1.29, 1.82) is 0 Å². The number of aromatic hydroxyl groups is 1. The van der Waals surface area contributed by atoms with Gasteiger partial charge in [0.2, 0.25) is 47.3 Å². The van der Waals surface area contributed by atoms with Crippen molar-refractivity contribution in [2.45, 2.75) is 145 Å². The highest BCUT2D eigenvalue weighted by Crippen LogP contribution is 2.24. The molecule has 21 nitrogen and oxygen atoms in total. The molecule has 0 aliphatic carbocycles. The number of thiol groups is 2. The highest BCUT2D eigenvalue weighted by Gasteiger charge is 2.44. The molecule has 0 saturated carbocycles. The third-order valence-electron chi connectivity index (χ3n) is 13.1. The number of rotatable bonds is 30. The molecule has 16 N–H and O–H groups in total. The van der Waals surface area contributed by atoms with Crippen LogP contribution in [-0.2, 0) is 57.6 Å². The maximum atomic E-state index is 14.8. The first-order valence-electron chi connectivity index (χ1n) is 25.2. The number of benzene rings is 3. The molecule has 0 bridgehead atoms. The highest BCUT2D eigenvalue weighted by atomic mass is 32.1. The zero-order valence-corrected chi connectivity index (χ0v) is 45.3. The second kappa shape index (κ2) is 29.0. The maximum Gasteiger partial charge on any atom is 0.246 e. The minimum absolute atomic E-state index is 0.00902. The molecule has 23 heteroatoms. The first-order chi connectivity index (χ1) is 36.0. The number of phenols is 1. The average Bonchev–Trinajstić information content (AvgIpc) is 3.79. The van der Waals surface area contributed by atoms with Gasteiger partial charge in [0.15, 0.2) is 0 Å². The van der Waals surface area contributed by atoms with Crippen molar-refractivity contribution < 1.29 is 48.6 Å². The van der Waals surface area contributed by atoms with Crippen LogP contribution in [0.4, 0.5) is 0 Å². The van der Waals surface area contributed by atoms with Gasteiger partial charge >= 0.3 is 0 Å². The molecule has 0 radical (unpaired) electrons. The number of phenolic OH excluding ortho intramolecular Hbond substituents is 1. The van der Waals surface area contributed by atoms with Gasteiger partial charge in [0.1, 0.15) is 47.5 Å². The number of aliphatic hydroxyl groups is 1. The van der Waals surface area contributed by atoms with Gasteiger partial charge < -0.3 is 69.6 Å². The number of nitrogens with one attached hydrogen (secondary N) is 8. The van der Waals surface area contributed by atoms with Gasteiger partial charge in [-0.05, 0) is 101 Å². The van der Waals surface area contributed by atoms with E-state index in [-0.39, 0.29) is 56.6 Å². The van der Waals surface area contributed by atoms with Crippen molar-refractivity contribution in [2.75, 3.05) is 12.3 Å². The summed E-state index contributed by atoms with van der Waals surface area (Å²) in [6.07, 6.45) is 1.13. The molecule has 1 aromatic heterocycles. The van der Waals surface area contributed by atoms with Crippen LogP contribution in [0, 0.1) is 0 Å². The van der Waals surface area contributed by atoms with Crippen LogP contribution in [0.3, 0.4) is 0 Å². The molecule has 8 amide bonds. The standard InChI is InChI=1S/C53H75N11O10S2/c1-6-53(7-2,51(74)63-43(52(4,5)76)50(73)62-42(30(3)65)44(56)67)64-49(72)38(19-13-14-24-54)58-47(70)40(27-33-28-57-37-18-12-11-17-35(33)37)60-46(69)39(26-32-20-22-34(66)23-21-32)59-48(71)41(29-75)61-45(68)36(55)25-31-15-9-8-10-16-31/h8-12,15-18,20-23,28,30,36,38-43,57,65-66,75-76H,6-7,13-14,19,24-27,29,54-55H2,1-5H3,(H2,56,67)(H,58,70)(H,59,71)(H,60,69)(H,61,68)(H,62,73)(H,63,74)(H,64,72)/t30-,36-,38+,39+,40-,41+,42+,43-/m1/s1. The Labute approximate surface area is 454 Å². The fourth-order valence-electron chi connectivity index (χ4n) is 8.44. The van der Waals surface area contributed by atoms with E-state index in [1.54, 1.807) is 46.0 Å². The third-order valence-corrected chi connectivity index (χ3v) is 13.7. The fourth-order valence-corrected chi connectivity index (χ4v) is 8.88. The number of carbonyl (C=O) groups is 8. The Morgan fingerprint density at radius 2 is 1.22 bits per heavy atom. The smallest absolute Gasteiger partial charge is 0.246 e. The van der Waals surface area contributed by atoms with Crippen LogP contribution in [0.5, 0.6) is 5.75 Å². The summed E-state index contributed by atoms with van der Waals surface area (Å²) in [4.78, 5) is 115. The number of hydrogen-bond acceptors (Lipinski definition) is 14. The molecule has 0 spiro atoms. The quantitative estimate of drug-likeness (QED) is 0.0250. The number of para-hydroxylation sites is 1. The average molecular weight is 1090 g/mol. The minimum Gasteiger partial charge on any atom is -0.508 e. The molecule has 4 rings (SSSR count). The lowest BCUT2D eigenvalue weighted by molar-refractivity contribution is -0.139. The number of nitrogens with two attached hydrogens (primary N) is 3. The van der Waals surface area contributed by atoms with E-state index in [1.807, 2.05) is 54.6 Å². The number of carbonyl (C=O) groups excluding carboxylic acids is 8. The number of amides is 8. The second-order valence-corrected chi connectivity index (χ2v) is 20.9. The van der Waals surface area contributed by atoms with E-state index in [4.69, 9.17) is 17.2 Å². The number of hydrogen-bond donors (Lipinski definition) is 15. The number of aliphatic hydroxyl groups excluding tert-OH is 1. The zero-order chi connectivity index (χ0) is 56.3. The predicted molar refractivity (Wildman–Crippen MR) is 296 cm³/mol. The minimum atomic E-state index is -1.67. The molecule has 0 aliphatic rings. The van der Waals surface area contributed by atoms with E-state index >= 15 is 0 Å². The van der Waals surface area contributed by atoms with Crippen molar-refractivity contribution in [3.8, 4) is 5.75 Å². The number of primary amides is 1. The van der Waals surface area contributed by atoms with Gasteiger partial charge in [-0.25, -0.2) is 0 Å². The third kappa shape index (κ3) is 17.7. The number of aromatic amines is 1. The van der Waals surface area contributed by atoms with Crippen molar-refractivity contribution in [2.24, 2.45) is 17.2 Å². The van der Waals surface area contributed by atoms with Crippen molar-refractivity contribution in [1.82, 2.24) is 42.2 Å². The number of fused-ring (bicyclic) bond motifs is 1. The molecule has 4 aromatic rings. The molecular weight excluding hydrogens is 1010 g/mol. The summed E-state index contributed by atoms with van der Waals surface area (Å²) < 4.78 is -1.26. The van der Waals surface area contributed by atoms with Gasteiger partial charge in [-0.1, -0.05) is 74.5 Å². The van der Waals surface area contributed by atoms with Crippen LogP contribution in [0.25, 0.3) is 10.9 Å². The molecule has 1 heterocycles. The molecule has 3 aromatic carbocycles. The topological polar surface area (TPSA) is 355 Å². The van der Waals surface area contributed by atoms with Gasteiger partial charge in [0.25, 0.3) is 0 Å². The summed E-state index contributed by atoms with van der Waals surface area (Å²) in [5.74, 6) is -6.68. The summed E-state index contributed by atoms with van der Waals surface area (Å²) in [5.41, 5.74) is 18.5. The summed E-state index contributed by atoms with van der Waals surface area (Å²) in [6.45, 7) is 7.91.